The molecule has 0 aromatic carbocycles. The van der Waals surface area contributed by atoms with Crippen molar-refractivity contribution in [3.63, 3.8) is 0 Å². The first-order valence-electron chi connectivity index (χ1n) is 9.26. The SMILES string of the molecule is C#CCNC(=O)c1ccc(N2CCC(C(=O)NCc3cccnc3)CC2)nc1. The van der Waals surface area contributed by atoms with E-state index >= 15 is 0 Å². The molecule has 2 aromatic rings. The molecule has 2 N–H and O–H groups in total. The molecule has 0 aliphatic carbocycles. The van der Waals surface area contributed by atoms with Crippen molar-refractivity contribution in [1.82, 2.24) is 20.6 Å². The van der Waals surface area contributed by atoms with Crippen molar-refractivity contribution in [2.24, 2.45) is 5.92 Å². The maximum atomic E-state index is 12.4. The minimum atomic E-state index is -0.235. The molecule has 0 atom stereocenters. The molecule has 2 aromatic heterocycles. The van der Waals surface area contributed by atoms with Crippen molar-refractivity contribution >= 4 is 17.6 Å². The summed E-state index contributed by atoms with van der Waals surface area (Å²) in [5.41, 5.74) is 1.47. The molecule has 28 heavy (non-hydrogen) atoms. The monoisotopic (exact) mass is 377 g/mol. The van der Waals surface area contributed by atoms with Crippen LogP contribution in [-0.2, 0) is 11.3 Å². The van der Waals surface area contributed by atoms with Gasteiger partial charge in [0.2, 0.25) is 5.91 Å². The van der Waals surface area contributed by atoms with Crippen molar-refractivity contribution in [3.05, 3.63) is 54.0 Å². The summed E-state index contributed by atoms with van der Waals surface area (Å²) in [5.74, 6) is 3.02. The average molecular weight is 377 g/mol. The van der Waals surface area contributed by atoms with E-state index in [-0.39, 0.29) is 24.3 Å². The van der Waals surface area contributed by atoms with Gasteiger partial charge in [0.1, 0.15) is 5.82 Å². The Balaban J connectivity index is 1.47. The molecule has 0 spiro atoms. The highest BCUT2D eigenvalue weighted by Gasteiger charge is 2.25. The van der Waals surface area contributed by atoms with Crippen LogP contribution in [0.25, 0.3) is 0 Å². The van der Waals surface area contributed by atoms with E-state index in [1.165, 1.54) is 0 Å². The van der Waals surface area contributed by atoms with Crippen LogP contribution in [0, 0.1) is 18.3 Å². The third-order valence-electron chi connectivity index (χ3n) is 4.74. The first-order valence-corrected chi connectivity index (χ1v) is 9.26. The standard InChI is InChI=1S/C21H23N5O2/c1-2-9-23-21(28)18-5-6-19(24-15-18)26-11-7-17(8-12-26)20(27)25-14-16-4-3-10-22-13-16/h1,3-6,10,13,15,17H,7-9,11-12,14H2,(H,23,28)(H,25,27). The molecule has 0 unspecified atom stereocenters. The number of hydrogen-bond donors (Lipinski definition) is 2. The van der Waals surface area contributed by atoms with Gasteiger partial charge in [-0.25, -0.2) is 4.98 Å². The van der Waals surface area contributed by atoms with Crippen molar-refractivity contribution in [1.29, 1.82) is 0 Å². The Morgan fingerprint density at radius 1 is 1.18 bits per heavy atom. The van der Waals surface area contributed by atoms with E-state index in [0.717, 1.165) is 37.3 Å². The van der Waals surface area contributed by atoms with Crippen LogP contribution in [0.15, 0.2) is 42.9 Å². The quantitative estimate of drug-likeness (QED) is 0.743. The fourth-order valence-electron chi connectivity index (χ4n) is 3.15. The molecule has 1 fully saturated rings. The fraction of sp³-hybridized carbons (Fsp3) is 0.333. The van der Waals surface area contributed by atoms with E-state index in [9.17, 15) is 9.59 Å². The summed E-state index contributed by atoms with van der Waals surface area (Å²) >= 11 is 0. The van der Waals surface area contributed by atoms with E-state index in [1.54, 1.807) is 24.7 Å². The molecular formula is C21H23N5O2. The number of carbonyl (C=O) groups excluding carboxylic acids is 2. The number of aromatic nitrogens is 2. The fourth-order valence-corrected chi connectivity index (χ4v) is 3.15. The van der Waals surface area contributed by atoms with Gasteiger partial charge >= 0.3 is 0 Å². The van der Waals surface area contributed by atoms with Gasteiger partial charge in [0.15, 0.2) is 0 Å². The van der Waals surface area contributed by atoms with E-state index in [2.05, 4.69) is 31.4 Å². The maximum Gasteiger partial charge on any atom is 0.253 e. The lowest BCUT2D eigenvalue weighted by Gasteiger charge is -2.32. The molecule has 7 nitrogen and oxygen atoms in total. The van der Waals surface area contributed by atoms with Gasteiger partial charge < -0.3 is 15.5 Å². The minimum absolute atomic E-state index is 0.00161. The average Bonchev–Trinajstić information content (AvgIpc) is 2.76. The van der Waals surface area contributed by atoms with Crippen LogP contribution in [-0.4, -0.2) is 41.4 Å². The minimum Gasteiger partial charge on any atom is -0.357 e. The van der Waals surface area contributed by atoms with Crippen LogP contribution in [0.2, 0.25) is 0 Å². The first-order chi connectivity index (χ1) is 13.7. The molecule has 1 aliphatic rings. The molecule has 0 saturated carbocycles. The van der Waals surface area contributed by atoms with Crippen molar-refractivity contribution < 1.29 is 9.59 Å². The number of amides is 2. The van der Waals surface area contributed by atoms with Crippen LogP contribution in [0.3, 0.4) is 0 Å². The summed E-state index contributed by atoms with van der Waals surface area (Å²) in [6.45, 7) is 2.19. The van der Waals surface area contributed by atoms with Crippen LogP contribution in [0.4, 0.5) is 5.82 Å². The van der Waals surface area contributed by atoms with Gasteiger partial charge in [0.25, 0.3) is 5.91 Å². The molecule has 1 aliphatic heterocycles. The molecule has 144 valence electrons. The summed E-state index contributed by atoms with van der Waals surface area (Å²) in [7, 11) is 0. The smallest absolute Gasteiger partial charge is 0.253 e. The second-order valence-electron chi connectivity index (χ2n) is 6.63. The first kappa shape index (κ1) is 19.4. The van der Waals surface area contributed by atoms with Crippen molar-refractivity contribution in [2.45, 2.75) is 19.4 Å². The van der Waals surface area contributed by atoms with Gasteiger partial charge in [-0.15, -0.1) is 6.42 Å². The number of hydrogen-bond acceptors (Lipinski definition) is 5. The van der Waals surface area contributed by atoms with Crippen LogP contribution >= 0.6 is 0 Å². The highest BCUT2D eigenvalue weighted by molar-refractivity contribution is 5.94. The van der Waals surface area contributed by atoms with Gasteiger partial charge in [-0.2, -0.15) is 0 Å². The van der Waals surface area contributed by atoms with Crippen LogP contribution < -0.4 is 15.5 Å². The van der Waals surface area contributed by atoms with E-state index in [4.69, 9.17) is 6.42 Å². The van der Waals surface area contributed by atoms with Gasteiger partial charge in [-0.1, -0.05) is 12.0 Å². The van der Waals surface area contributed by atoms with Gasteiger partial charge in [-0.3, -0.25) is 14.6 Å². The summed E-state index contributed by atoms with van der Waals surface area (Å²) in [4.78, 5) is 34.8. The lowest BCUT2D eigenvalue weighted by molar-refractivity contribution is -0.125. The zero-order valence-corrected chi connectivity index (χ0v) is 15.6. The van der Waals surface area contributed by atoms with Crippen molar-refractivity contribution in [3.8, 4) is 12.3 Å². The zero-order valence-electron chi connectivity index (χ0n) is 15.6. The summed E-state index contributed by atoms with van der Waals surface area (Å²) in [6, 6.07) is 7.36. The Bertz CT molecular complexity index is 837. The van der Waals surface area contributed by atoms with Crippen LogP contribution in [0.5, 0.6) is 0 Å². The number of rotatable bonds is 6. The number of pyridine rings is 2. The second kappa shape index (κ2) is 9.51. The Morgan fingerprint density at radius 3 is 2.64 bits per heavy atom. The highest BCUT2D eigenvalue weighted by Crippen LogP contribution is 2.22. The normalized spacial score (nSPS) is 14.2. The Labute approximate surface area is 164 Å². The molecule has 0 radical (unpaired) electrons. The van der Waals surface area contributed by atoms with Crippen LogP contribution in [0.1, 0.15) is 28.8 Å². The summed E-state index contributed by atoms with van der Waals surface area (Å²) < 4.78 is 0. The Kier molecular flexibility index (Phi) is 6.58. The Morgan fingerprint density at radius 2 is 2.00 bits per heavy atom. The highest BCUT2D eigenvalue weighted by atomic mass is 16.2. The van der Waals surface area contributed by atoms with Gasteiger partial charge in [0, 0.05) is 44.1 Å². The molecule has 0 bridgehead atoms. The number of terminal acetylenes is 1. The van der Waals surface area contributed by atoms with Gasteiger partial charge in [0.05, 0.1) is 12.1 Å². The third kappa shape index (κ3) is 5.07. The molecule has 1 saturated heterocycles. The second-order valence-corrected chi connectivity index (χ2v) is 6.63. The number of anilines is 1. The predicted octanol–water partition coefficient (Wildman–Crippen LogP) is 1.37. The van der Waals surface area contributed by atoms with E-state index < -0.39 is 0 Å². The summed E-state index contributed by atoms with van der Waals surface area (Å²) in [6.07, 6.45) is 11.7. The predicted molar refractivity (Wildman–Crippen MR) is 106 cm³/mol. The van der Waals surface area contributed by atoms with E-state index in [1.807, 2.05) is 18.2 Å². The number of piperidine rings is 1. The molecule has 3 heterocycles. The third-order valence-corrected chi connectivity index (χ3v) is 4.74. The lowest BCUT2D eigenvalue weighted by atomic mass is 9.96. The summed E-state index contributed by atoms with van der Waals surface area (Å²) in [5, 5.41) is 5.60. The van der Waals surface area contributed by atoms with Crippen molar-refractivity contribution in [2.75, 3.05) is 24.5 Å². The maximum absolute atomic E-state index is 12.4. The largest absolute Gasteiger partial charge is 0.357 e. The lowest BCUT2D eigenvalue weighted by Crippen LogP contribution is -2.40. The van der Waals surface area contributed by atoms with E-state index in [0.29, 0.717) is 12.1 Å². The zero-order chi connectivity index (χ0) is 19.8. The molecular weight excluding hydrogens is 354 g/mol. The molecule has 3 rings (SSSR count). The number of carbonyl (C=O) groups is 2. The number of nitrogens with zero attached hydrogens (tertiary/aromatic N) is 3. The molecule has 2 amide bonds. The molecule has 7 heteroatoms. The Hall–Kier alpha value is -3.40. The van der Waals surface area contributed by atoms with Gasteiger partial charge in [-0.05, 0) is 36.6 Å². The topological polar surface area (TPSA) is 87.2 Å². The number of nitrogens with one attached hydrogen (secondary N) is 2.